The van der Waals surface area contributed by atoms with Crippen molar-refractivity contribution in [1.82, 2.24) is 10.6 Å². The van der Waals surface area contributed by atoms with E-state index in [2.05, 4.69) is 10.6 Å². The molecule has 0 aliphatic carbocycles. The van der Waals surface area contributed by atoms with Crippen LogP contribution in [-0.4, -0.2) is 52.3 Å². The van der Waals surface area contributed by atoms with Crippen molar-refractivity contribution < 1.29 is 28.5 Å². The van der Waals surface area contributed by atoms with Crippen LogP contribution in [-0.2, 0) is 9.59 Å². The van der Waals surface area contributed by atoms with Gasteiger partial charge in [0.25, 0.3) is 11.8 Å². The minimum atomic E-state index is -0.299. The van der Waals surface area contributed by atoms with Crippen molar-refractivity contribution in [2.45, 2.75) is 13.8 Å². The van der Waals surface area contributed by atoms with Crippen molar-refractivity contribution in [3.63, 3.8) is 0 Å². The Labute approximate surface area is 176 Å². The molecule has 0 atom stereocenters. The summed E-state index contributed by atoms with van der Waals surface area (Å²) in [5.74, 6) is 1.53. The maximum atomic E-state index is 11.9. The highest BCUT2D eigenvalue weighted by atomic mass is 16.5. The van der Waals surface area contributed by atoms with Gasteiger partial charge in [0.2, 0.25) is 0 Å². The molecule has 0 aliphatic rings. The zero-order chi connectivity index (χ0) is 21.9. The summed E-state index contributed by atoms with van der Waals surface area (Å²) < 4.78 is 21.4. The Morgan fingerprint density at radius 2 is 1.10 bits per heavy atom. The molecule has 2 amide bonds. The first kappa shape index (κ1) is 22.9. The molecule has 0 radical (unpaired) electrons. The van der Waals surface area contributed by atoms with Gasteiger partial charge in [-0.2, -0.15) is 0 Å². The van der Waals surface area contributed by atoms with Crippen molar-refractivity contribution in [3.8, 4) is 23.0 Å². The van der Waals surface area contributed by atoms with Gasteiger partial charge in [0.1, 0.15) is 0 Å². The van der Waals surface area contributed by atoms with Gasteiger partial charge >= 0.3 is 0 Å². The molecule has 0 fully saturated rings. The first-order valence-electron chi connectivity index (χ1n) is 9.51. The fraction of sp³-hybridized carbons (Fsp3) is 0.364. The molecule has 8 nitrogen and oxygen atoms in total. The molecule has 162 valence electrons. The molecule has 2 aromatic rings. The highest BCUT2D eigenvalue weighted by Gasteiger charge is 2.09. The summed E-state index contributed by atoms with van der Waals surface area (Å²) in [4.78, 5) is 23.8. The number of methoxy groups -OCH3 is 2. The van der Waals surface area contributed by atoms with Crippen LogP contribution in [0.1, 0.15) is 11.1 Å². The molecular formula is C22H28N2O6. The molecule has 0 heterocycles. The zero-order valence-electron chi connectivity index (χ0n) is 17.7. The zero-order valence-corrected chi connectivity index (χ0v) is 17.7. The third kappa shape index (κ3) is 7.20. The van der Waals surface area contributed by atoms with Gasteiger partial charge in [0.15, 0.2) is 36.2 Å². The van der Waals surface area contributed by atoms with Crippen LogP contribution in [0.5, 0.6) is 23.0 Å². The smallest absolute Gasteiger partial charge is 0.258 e. The SMILES string of the molecule is COc1cc(C)ccc1OCC(=O)NCCNC(=O)COc1ccc(C)cc1OC. The van der Waals surface area contributed by atoms with Gasteiger partial charge in [-0.1, -0.05) is 12.1 Å². The number of ether oxygens (including phenoxy) is 4. The highest BCUT2D eigenvalue weighted by Crippen LogP contribution is 2.28. The van der Waals surface area contributed by atoms with E-state index in [-0.39, 0.29) is 38.1 Å². The van der Waals surface area contributed by atoms with Crippen molar-refractivity contribution in [2.75, 3.05) is 40.5 Å². The molecule has 0 aromatic heterocycles. The Bertz CT molecular complexity index is 797. The van der Waals surface area contributed by atoms with Crippen LogP contribution >= 0.6 is 0 Å². The average Bonchev–Trinajstić information content (AvgIpc) is 2.74. The molecule has 0 aliphatic heterocycles. The Morgan fingerprint density at radius 3 is 1.47 bits per heavy atom. The normalized spacial score (nSPS) is 10.1. The van der Waals surface area contributed by atoms with Gasteiger partial charge in [-0.15, -0.1) is 0 Å². The Hall–Kier alpha value is -3.42. The predicted molar refractivity (Wildman–Crippen MR) is 112 cm³/mol. The summed E-state index contributed by atoms with van der Waals surface area (Å²) in [6, 6.07) is 10.9. The lowest BCUT2D eigenvalue weighted by Gasteiger charge is -2.12. The fourth-order valence-corrected chi connectivity index (χ4v) is 2.58. The lowest BCUT2D eigenvalue weighted by atomic mass is 10.2. The monoisotopic (exact) mass is 416 g/mol. The first-order chi connectivity index (χ1) is 14.4. The third-order valence-electron chi connectivity index (χ3n) is 4.13. The molecule has 0 saturated heterocycles. The van der Waals surface area contributed by atoms with Crippen LogP contribution in [0.4, 0.5) is 0 Å². The minimum Gasteiger partial charge on any atom is -0.493 e. The molecule has 0 saturated carbocycles. The lowest BCUT2D eigenvalue weighted by Crippen LogP contribution is -2.38. The summed E-state index contributed by atoms with van der Waals surface area (Å²) in [6.45, 7) is 4.12. The van der Waals surface area contributed by atoms with E-state index in [0.717, 1.165) is 11.1 Å². The van der Waals surface area contributed by atoms with Crippen LogP contribution in [0.25, 0.3) is 0 Å². The van der Waals surface area contributed by atoms with Crippen molar-refractivity contribution >= 4 is 11.8 Å². The third-order valence-corrected chi connectivity index (χ3v) is 4.13. The first-order valence-corrected chi connectivity index (χ1v) is 9.51. The second-order valence-corrected chi connectivity index (χ2v) is 6.59. The van der Waals surface area contributed by atoms with Gasteiger partial charge in [-0.3, -0.25) is 9.59 Å². The van der Waals surface area contributed by atoms with Crippen LogP contribution < -0.4 is 29.6 Å². The molecule has 8 heteroatoms. The van der Waals surface area contributed by atoms with Gasteiger partial charge in [-0.25, -0.2) is 0 Å². The summed E-state index contributed by atoms with van der Waals surface area (Å²) in [7, 11) is 3.09. The highest BCUT2D eigenvalue weighted by molar-refractivity contribution is 5.78. The van der Waals surface area contributed by atoms with Gasteiger partial charge in [0, 0.05) is 13.1 Å². The molecular weight excluding hydrogens is 388 g/mol. The van der Waals surface area contributed by atoms with Crippen molar-refractivity contribution in [1.29, 1.82) is 0 Å². The molecule has 0 bridgehead atoms. The number of carbonyl (C=O) groups is 2. The van der Waals surface area contributed by atoms with E-state index in [1.165, 1.54) is 0 Å². The van der Waals surface area contributed by atoms with E-state index < -0.39 is 0 Å². The Morgan fingerprint density at radius 1 is 0.700 bits per heavy atom. The summed E-state index contributed by atoms with van der Waals surface area (Å²) in [6.07, 6.45) is 0. The molecule has 0 unspecified atom stereocenters. The lowest BCUT2D eigenvalue weighted by molar-refractivity contribution is -0.124. The topological polar surface area (TPSA) is 95.1 Å². The van der Waals surface area contributed by atoms with E-state index in [0.29, 0.717) is 23.0 Å². The van der Waals surface area contributed by atoms with Gasteiger partial charge < -0.3 is 29.6 Å². The van der Waals surface area contributed by atoms with E-state index in [4.69, 9.17) is 18.9 Å². The van der Waals surface area contributed by atoms with Crippen molar-refractivity contribution in [2.24, 2.45) is 0 Å². The summed E-state index contributed by atoms with van der Waals surface area (Å²) in [5, 5.41) is 5.35. The minimum absolute atomic E-state index is 0.149. The fourth-order valence-electron chi connectivity index (χ4n) is 2.58. The van der Waals surface area contributed by atoms with E-state index >= 15 is 0 Å². The number of carbonyl (C=O) groups excluding carboxylic acids is 2. The maximum Gasteiger partial charge on any atom is 0.258 e. The van der Waals surface area contributed by atoms with E-state index in [1.807, 2.05) is 38.1 Å². The number of benzene rings is 2. The summed E-state index contributed by atoms with van der Waals surface area (Å²) >= 11 is 0. The number of rotatable bonds is 11. The number of amides is 2. The largest absolute Gasteiger partial charge is 0.493 e. The molecule has 0 spiro atoms. The standard InChI is InChI=1S/C22H28N2O6/c1-15-5-7-17(19(11-15)27-3)29-13-21(25)23-9-10-24-22(26)14-30-18-8-6-16(2)12-20(18)28-4/h5-8,11-12H,9-10,13-14H2,1-4H3,(H,23,25)(H,24,26). The molecule has 2 N–H and O–H groups in total. The average molecular weight is 416 g/mol. The van der Waals surface area contributed by atoms with Crippen LogP contribution in [0.2, 0.25) is 0 Å². The Kier molecular flexibility index (Phi) is 8.80. The second kappa shape index (κ2) is 11.5. The number of nitrogens with one attached hydrogen (secondary N) is 2. The summed E-state index contributed by atoms with van der Waals surface area (Å²) in [5.41, 5.74) is 2.06. The quantitative estimate of drug-likeness (QED) is 0.544. The second-order valence-electron chi connectivity index (χ2n) is 6.59. The number of hydrogen-bond acceptors (Lipinski definition) is 6. The van der Waals surface area contributed by atoms with Crippen LogP contribution in [0.3, 0.4) is 0 Å². The maximum absolute atomic E-state index is 11.9. The van der Waals surface area contributed by atoms with Crippen molar-refractivity contribution in [3.05, 3.63) is 47.5 Å². The van der Waals surface area contributed by atoms with Crippen LogP contribution in [0.15, 0.2) is 36.4 Å². The predicted octanol–water partition coefficient (Wildman–Crippen LogP) is 2.01. The molecule has 30 heavy (non-hydrogen) atoms. The molecule has 2 rings (SSSR count). The van der Waals surface area contributed by atoms with Gasteiger partial charge in [-0.05, 0) is 49.2 Å². The van der Waals surface area contributed by atoms with Crippen LogP contribution in [0, 0.1) is 13.8 Å². The van der Waals surface area contributed by atoms with E-state index in [9.17, 15) is 9.59 Å². The number of hydrogen-bond donors (Lipinski definition) is 2. The van der Waals surface area contributed by atoms with E-state index in [1.54, 1.807) is 26.4 Å². The Balaban J connectivity index is 1.65. The molecule has 2 aromatic carbocycles. The number of aryl methyl sites for hydroxylation is 2. The van der Waals surface area contributed by atoms with Gasteiger partial charge in [0.05, 0.1) is 14.2 Å².